The van der Waals surface area contributed by atoms with Crippen LogP contribution in [0.2, 0.25) is 5.15 Å². The second-order valence-electron chi connectivity index (χ2n) is 2.26. The van der Waals surface area contributed by atoms with E-state index in [2.05, 4.69) is 4.98 Å². The van der Waals surface area contributed by atoms with Gasteiger partial charge in [0.2, 0.25) is 5.82 Å². The van der Waals surface area contributed by atoms with Crippen molar-refractivity contribution < 1.29 is 9.90 Å². The fourth-order valence-electron chi connectivity index (χ4n) is 0.752. The predicted octanol–water partition coefficient (Wildman–Crippen LogP) is 0.524. The van der Waals surface area contributed by atoms with Crippen molar-refractivity contribution in [3.8, 4) is 0 Å². The number of amides is 1. The van der Waals surface area contributed by atoms with Crippen molar-refractivity contribution in [2.45, 2.75) is 0 Å². The van der Waals surface area contributed by atoms with Crippen molar-refractivity contribution in [2.24, 2.45) is 7.05 Å². The van der Waals surface area contributed by atoms with Crippen molar-refractivity contribution >= 4 is 23.5 Å². The van der Waals surface area contributed by atoms with Gasteiger partial charge in [-0.3, -0.25) is 10.1 Å². The zero-order valence-electron chi connectivity index (χ0n) is 6.61. The molecule has 2 N–H and O–H groups in total. The highest BCUT2D eigenvalue weighted by Gasteiger charge is 2.07. The number of carboxylic acid groups (broad SMARTS) is 1. The highest BCUT2D eigenvalue weighted by atomic mass is 35.5. The molecule has 0 aliphatic rings. The molecular formula is C6H6ClN3O3. The van der Waals surface area contributed by atoms with Crippen LogP contribution < -0.4 is 10.9 Å². The lowest BCUT2D eigenvalue weighted by Crippen LogP contribution is -2.24. The van der Waals surface area contributed by atoms with Crippen LogP contribution in [0.3, 0.4) is 0 Å². The van der Waals surface area contributed by atoms with E-state index < -0.39 is 11.7 Å². The Balaban J connectivity index is 3.21. The normalized spacial score (nSPS) is 9.69. The minimum absolute atomic E-state index is 0.0471. The zero-order chi connectivity index (χ0) is 10.0. The number of aryl methyl sites for hydroxylation is 1. The van der Waals surface area contributed by atoms with Gasteiger partial charge in [-0.05, 0) is 0 Å². The fraction of sp³-hybridized carbons (Fsp3) is 0.167. The number of rotatable bonds is 1. The maximum Gasteiger partial charge on any atom is 0.410 e. The molecule has 0 saturated heterocycles. The van der Waals surface area contributed by atoms with Crippen LogP contribution in [0.1, 0.15) is 0 Å². The molecule has 0 atom stereocenters. The molecule has 1 rings (SSSR count). The number of anilines is 1. The molecule has 1 aromatic heterocycles. The van der Waals surface area contributed by atoms with Gasteiger partial charge in [-0.2, -0.15) is 0 Å². The summed E-state index contributed by atoms with van der Waals surface area (Å²) in [5.74, 6) is -0.303. The van der Waals surface area contributed by atoms with E-state index in [0.29, 0.717) is 0 Å². The first-order valence-electron chi connectivity index (χ1n) is 3.24. The van der Waals surface area contributed by atoms with Crippen molar-refractivity contribution in [3.63, 3.8) is 0 Å². The van der Waals surface area contributed by atoms with E-state index >= 15 is 0 Å². The van der Waals surface area contributed by atoms with E-state index in [0.717, 1.165) is 4.57 Å². The number of nitrogens with one attached hydrogen (secondary N) is 1. The maximum atomic E-state index is 11.2. The van der Waals surface area contributed by atoms with E-state index in [4.69, 9.17) is 16.7 Å². The number of hydrogen-bond donors (Lipinski definition) is 2. The second kappa shape index (κ2) is 3.44. The van der Waals surface area contributed by atoms with Crippen molar-refractivity contribution in [2.75, 3.05) is 5.32 Å². The Bertz CT molecular complexity index is 401. The third kappa shape index (κ3) is 2.19. The topological polar surface area (TPSA) is 84.2 Å². The quantitative estimate of drug-likeness (QED) is 0.697. The standard InChI is InChI=1S/C6H6ClN3O3/c1-10-2-3(7)8-4(5(10)11)9-6(12)13/h2H,1H3,(H,8,9)(H,12,13). The SMILES string of the molecule is Cn1cc(Cl)nc(NC(=O)O)c1=O. The van der Waals surface area contributed by atoms with Gasteiger partial charge in [0, 0.05) is 13.2 Å². The number of hydrogen-bond acceptors (Lipinski definition) is 3. The number of nitrogens with zero attached hydrogens (tertiary/aromatic N) is 2. The maximum absolute atomic E-state index is 11.2. The molecule has 1 amide bonds. The van der Waals surface area contributed by atoms with Crippen LogP contribution in [0.15, 0.2) is 11.0 Å². The van der Waals surface area contributed by atoms with Gasteiger partial charge >= 0.3 is 6.09 Å². The third-order valence-corrected chi connectivity index (χ3v) is 1.45. The van der Waals surface area contributed by atoms with Crippen LogP contribution in [0.4, 0.5) is 10.6 Å². The van der Waals surface area contributed by atoms with Gasteiger partial charge < -0.3 is 9.67 Å². The summed E-state index contributed by atoms with van der Waals surface area (Å²) in [4.78, 5) is 24.9. The largest absolute Gasteiger partial charge is 0.465 e. The molecular weight excluding hydrogens is 198 g/mol. The average molecular weight is 204 g/mol. The monoisotopic (exact) mass is 203 g/mol. The van der Waals surface area contributed by atoms with Crippen molar-refractivity contribution in [1.82, 2.24) is 9.55 Å². The molecule has 0 aliphatic heterocycles. The van der Waals surface area contributed by atoms with Crippen LogP contribution in [0.5, 0.6) is 0 Å². The molecule has 0 bridgehead atoms. The summed E-state index contributed by atoms with van der Waals surface area (Å²) >= 11 is 5.50. The smallest absolute Gasteiger partial charge is 0.410 e. The van der Waals surface area contributed by atoms with Gasteiger partial charge in [0.15, 0.2) is 0 Å². The molecule has 0 aromatic carbocycles. The van der Waals surface area contributed by atoms with E-state index in [1.54, 1.807) is 0 Å². The van der Waals surface area contributed by atoms with Gasteiger partial charge in [-0.25, -0.2) is 9.78 Å². The molecule has 0 unspecified atom stereocenters. The minimum Gasteiger partial charge on any atom is -0.465 e. The second-order valence-corrected chi connectivity index (χ2v) is 2.65. The molecule has 1 aromatic rings. The highest BCUT2D eigenvalue weighted by Crippen LogP contribution is 2.03. The van der Waals surface area contributed by atoms with Crippen LogP contribution >= 0.6 is 11.6 Å². The highest BCUT2D eigenvalue weighted by molar-refractivity contribution is 6.29. The molecule has 0 spiro atoms. The number of carbonyl (C=O) groups is 1. The Hall–Kier alpha value is -1.56. The fourth-order valence-corrected chi connectivity index (χ4v) is 0.983. The molecule has 0 saturated carbocycles. The summed E-state index contributed by atoms with van der Waals surface area (Å²) in [5, 5.41) is 10.2. The van der Waals surface area contributed by atoms with Crippen LogP contribution in [-0.4, -0.2) is 20.8 Å². The van der Waals surface area contributed by atoms with Gasteiger partial charge in [-0.1, -0.05) is 11.6 Å². The molecule has 1 heterocycles. The molecule has 70 valence electrons. The molecule has 13 heavy (non-hydrogen) atoms. The Kier molecular flexibility index (Phi) is 2.52. The van der Waals surface area contributed by atoms with E-state index in [1.807, 2.05) is 5.32 Å². The lowest BCUT2D eigenvalue weighted by atomic mass is 10.6. The first-order chi connectivity index (χ1) is 6.00. The van der Waals surface area contributed by atoms with Gasteiger partial charge in [0.05, 0.1) is 0 Å². The average Bonchev–Trinajstić information content (AvgIpc) is 1.98. The molecule has 0 radical (unpaired) electrons. The number of aromatic nitrogens is 2. The predicted molar refractivity (Wildman–Crippen MR) is 46.1 cm³/mol. The summed E-state index contributed by atoms with van der Waals surface area (Å²) in [6.45, 7) is 0. The molecule has 7 heteroatoms. The van der Waals surface area contributed by atoms with Crippen LogP contribution in [0.25, 0.3) is 0 Å². The van der Waals surface area contributed by atoms with E-state index in [1.165, 1.54) is 13.2 Å². The van der Waals surface area contributed by atoms with E-state index in [-0.39, 0.29) is 11.0 Å². The van der Waals surface area contributed by atoms with Crippen LogP contribution in [-0.2, 0) is 7.05 Å². The molecule has 0 aliphatic carbocycles. The zero-order valence-corrected chi connectivity index (χ0v) is 7.37. The Morgan fingerprint density at radius 1 is 1.77 bits per heavy atom. The summed E-state index contributed by atoms with van der Waals surface area (Å²) in [7, 11) is 1.45. The molecule has 6 nitrogen and oxygen atoms in total. The summed E-state index contributed by atoms with van der Waals surface area (Å²) < 4.78 is 1.14. The Morgan fingerprint density at radius 2 is 2.38 bits per heavy atom. The lowest BCUT2D eigenvalue weighted by Gasteiger charge is -2.02. The summed E-state index contributed by atoms with van der Waals surface area (Å²) in [6.07, 6.45) is -0.0661. The van der Waals surface area contributed by atoms with Gasteiger partial charge in [0.1, 0.15) is 5.15 Å². The lowest BCUT2D eigenvalue weighted by molar-refractivity contribution is 0.209. The number of halogens is 1. The first kappa shape index (κ1) is 9.53. The van der Waals surface area contributed by atoms with Crippen molar-refractivity contribution in [3.05, 3.63) is 21.7 Å². The molecule has 0 fully saturated rings. The minimum atomic E-state index is -1.35. The van der Waals surface area contributed by atoms with Crippen LogP contribution in [0, 0.1) is 0 Å². The first-order valence-corrected chi connectivity index (χ1v) is 3.61. The van der Waals surface area contributed by atoms with Gasteiger partial charge in [-0.15, -0.1) is 0 Å². The van der Waals surface area contributed by atoms with Gasteiger partial charge in [0.25, 0.3) is 5.56 Å². The summed E-state index contributed by atoms with van der Waals surface area (Å²) in [6, 6.07) is 0. The van der Waals surface area contributed by atoms with E-state index in [9.17, 15) is 9.59 Å². The Labute approximate surface area is 77.8 Å². The van der Waals surface area contributed by atoms with Crippen molar-refractivity contribution in [1.29, 1.82) is 0 Å². The third-order valence-electron chi connectivity index (χ3n) is 1.27. The summed E-state index contributed by atoms with van der Waals surface area (Å²) in [5.41, 5.74) is -0.549. The Morgan fingerprint density at radius 3 is 2.92 bits per heavy atom.